The van der Waals surface area contributed by atoms with Crippen molar-refractivity contribution in [3.63, 3.8) is 0 Å². The number of halogens is 1. The number of rotatable bonds is 3. The maximum Gasteiger partial charge on any atom is 0.257 e. The van der Waals surface area contributed by atoms with Gasteiger partial charge in [0.1, 0.15) is 5.00 Å². The van der Waals surface area contributed by atoms with Crippen LogP contribution in [0.5, 0.6) is 0 Å². The van der Waals surface area contributed by atoms with Crippen molar-refractivity contribution in [1.29, 1.82) is 0 Å². The van der Waals surface area contributed by atoms with Crippen molar-refractivity contribution in [3.05, 3.63) is 45.2 Å². The van der Waals surface area contributed by atoms with Gasteiger partial charge in [0.05, 0.1) is 11.1 Å². The number of primary amides is 1. The van der Waals surface area contributed by atoms with E-state index < -0.39 is 5.91 Å². The summed E-state index contributed by atoms with van der Waals surface area (Å²) in [6.45, 7) is 0. The number of amides is 2. The molecular formula is C12H10BrN3O2S. The first kappa shape index (κ1) is 13.6. The number of anilines is 2. The van der Waals surface area contributed by atoms with Gasteiger partial charge in [-0.1, -0.05) is 0 Å². The Hall–Kier alpha value is -1.86. The Morgan fingerprint density at radius 2 is 1.95 bits per heavy atom. The lowest BCUT2D eigenvalue weighted by Crippen LogP contribution is -2.17. The second-order valence-electron chi connectivity index (χ2n) is 3.72. The molecule has 0 fully saturated rings. The van der Waals surface area contributed by atoms with Crippen molar-refractivity contribution in [2.75, 3.05) is 11.1 Å². The van der Waals surface area contributed by atoms with Gasteiger partial charge in [0, 0.05) is 10.2 Å². The summed E-state index contributed by atoms with van der Waals surface area (Å²) >= 11 is 4.51. The summed E-state index contributed by atoms with van der Waals surface area (Å²) in [5.74, 6) is -0.938. The highest BCUT2D eigenvalue weighted by Crippen LogP contribution is 2.25. The molecule has 0 spiro atoms. The molecule has 0 aliphatic carbocycles. The molecule has 1 heterocycles. The van der Waals surface area contributed by atoms with Gasteiger partial charge in [-0.15, -0.1) is 11.3 Å². The third-order valence-electron chi connectivity index (χ3n) is 2.39. The van der Waals surface area contributed by atoms with Crippen LogP contribution < -0.4 is 16.8 Å². The fourth-order valence-corrected chi connectivity index (χ4v) is 2.70. The molecular weight excluding hydrogens is 330 g/mol. The first-order chi connectivity index (χ1) is 8.99. The third kappa shape index (κ3) is 2.94. The number of hydrogen-bond donors (Lipinski definition) is 3. The summed E-state index contributed by atoms with van der Waals surface area (Å²) in [4.78, 5) is 23.3. The van der Waals surface area contributed by atoms with Crippen molar-refractivity contribution >= 4 is 49.8 Å². The second-order valence-corrected chi connectivity index (χ2v) is 5.49. The van der Waals surface area contributed by atoms with E-state index in [-0.39, 0.29) is 5.91 Å². The Balaban J connectivity index is 2.28. The summed E-state index contributed by atoms with van der Waals surface area (Å²) in [6.07, 6.45) is 0. The van der Waals surface area contributed by atoms with Crippen LogP contribution in [-0.2, 0) is 0 Å². The fraction of sp³-hybridized carbons (Fsp3) is 0. The van der Waals surface area contributed by atoms with E-state index in [1.807, 2.05) is 0 Å². The van der Waals surface area contributed by atoms with Crippen LogP contribution in [0.25, 0.3) is 0 Å². The quantitative estimate of drug-likeness (QED) is 0.749. The van der Waals surface area contributed by atoms with Gasteiger partial charge in [-0.3, -0.25) is 9.59 Å². The van der Waals surface area contributed by atoms with Gasteiger partial charge in [0.2, 0.25) is 0 Å². The topological polar surface area (TPSA) is 98.2 Å². The van der Waals surface area contributed by atoms with Crippen LogP contribution in [0, 0.1) is 0 Å². The number of nitrogens with one attached hydrogen (secondary N) is 1. The molecule has 5 N–H and O–H groups in total. The fourth-order valence-electron chi connectivity index (χ4n) is 1.49. The molecule has 2 amide bonds. The maximum absolute atomic E-state index is 12.1. The minimum Gasteiger partial charge on any atom is -0.399 e. The van der Waals surface area contributed by atoms with Crippen LogP contribution in [0.1, 0.15) is 20.7 Å². The molecule has 0 bridgehead atoms. The van der Waals surface area contributed by atoms with Gasteiger partial charge >= 0.3 is 0 Å². The molecule has 2 aromatic rings. The normalized spacial score (nSPS) is 10.2. The molecule has 0 atom stereocenters. The molecule has 1 aromatic carbocycles. The Labute approximate surface area is 121 Å². The van der Waals surface area contributed by atoms with Gasteiger partial charge < -0.3 is 16.8 Å². The Bertz CT molecular complexity index is 654. The molecule has 7 heteroatoms. The van der Waals surface area contributed by atoms with E-state index in [1.165, 1.54) is 11.3 Å². The standard InChI is InChI=1S/C12H10BrN3O2S/c13-9-2-1-6(14)5-8(9)11(18)16-12-7(10(15)17)3-4-19-12/h1-5H,14H2,(H2,15,17)(H,16,18). The molecule has 1 aromatic heterocycles. The van der Waals surface area contributed by atoms with Crippen LogP contribution in [0.15, 0.2) is 34.1 Å². The summed E-state index contributed by atoms with van der Waals surface area (Å²) in [7, 11) is 0. The molecule has 0 aliphatic rings. The van der Waals surface area contributed by atoms with Gasteiger partial charge in [-0.2, -0.15) is 0 Å². The van der Waals surface area contributed by atoms with Crippen molar-refractivity contribution < 1.29 is 9.59 Å². The monoisotopic (exact) mass is 339 g/mol. The van der Waals surface area contributed by atoms with Crippen molar-refractivity contribution in [3.8, 4) is 0 Å². The van der Waals surface area contributed by atoms with Crippen LogP contribution in [0.4, 0.5) is 10.7 Å². The highest BCUT2D eigenvalue weighted by Gasteiger charge is 2.15. The average Bonchev–Trinajstić information content (AvgIpc) is 2.80. The number of thiophene rings is 1. The first-order valence-corrected chi connectivity index (χ1v) is 6.90. The van der Waals surface area contributed by atoms with Gasteiger partial charge in [0.25, 0.3) is 11.8 Å². The lowest BCUT2D eigenvalue weighted by molar-refractivity contribution is 0.100. The van der Waals surface area contributed by atoms with Crippen molar-refractivity contribution in [1.82, 2.24) is 0 Å². The lowest BCUT2D eigenvalue weighted by atomic mass is 10.2. The predicted octanol–water partition coefficient (Wildman–Crippen LogP) is 2.44. The van der Waals surface area contributed by atoms with Gasteiger partial charge in [-0.25, -0.2) is 0 Å². The number of carbonyl (C=O) groups is 2. The molecule has 5 nitrogen and oxygen atoms in total. The SMILES string of the molecule is NC(=O)c1ccsc1NC(=O)c1cc(N)ccc1Br. The van der Waals surface area contributed by atoms with Crippen LogP contribution >= 0.6 is 27.3 Å². The Morgan fingerprint density at radius 1 is 1.21 bits per heavy atom. The minimum absolute atomic E-state index is 0.290. The Kier molecular flexibility index (Phi) is 3.87. The van der Waals surface area contributed by atoms with Crippen LogP contribution in [0.2, 0.25) is 0 Å². The zero-order valence-electron chi connectivity index (χ0n) is 9.64. The molecule has 0 aliphatic heterocycles. The maximum atomic E-state index is 12.1. The highest BCUT2D eigenvalue weighted by atomic mass is 79.9. The summed E-state index contributed by atoms with van der Waals surface area (Å²) in [5.41, 5.74) is 12.0. The van der Waals surface area contributed by atoms with E-state index in [0.29, 0.717) is 26.3 Å². The van der Waals surface area contributed by atoms with Crippen LogP contribution in [-0.4, -0.2) is 11.8 Å². The molecule has 2 rings (SSSR count). The molecule has 0 radical (unpaired) electrons. The molecule has 0 unspecified atom stereocenters. The van der Waals surface area contributed by atoms with E-state index >= 15 is 0 Å². The molecule has 0 saturated heterocycles. The van der Waals surface area contributed by atoms with E-state index in [0.717, 1.165) is 0 Å². The average molecular weight is 340 g/mol. The van der Waals surface area contributed by atoms with Crippen molar-refractivity contribution in [2.45, 2.75) is 0 Å². The summed E-state index contributed by atoms with van der Waals surface area (Å²) in [5, 5.41) is 4.76. The predicted molar refractivity (Wildman–Crippen MR) is 79.3 cm³/mol. The number of nitrogen functional groups attached to an aromatic ring is 1. The van der Waals surface area contributed by atoms with E-state index in [9.17, 15) is 9.59 Å². The number of benzene rings is 1. The second kappa shape index (κ2) is 5.41. The molecule has 19 heavy (non-hydrogen) atoms. The van der Waals surface area contributed by atoms with E-state index in [2.05, 4.69) is 21.2 Å². The zero-order valence-corrected chi connectivity index (χ0v) is 12.0. The van der Waals surface area contributed by atoms with Crippen LogP contribution in [0.3, 0.4) is 0 Å². The van der Waals surface area contributed by atoms with Gasteiger partial charge in [0.15, 0.2) is 0 Å². The Morgan fingerprint density at radius 3 is 2.63 bits per heavy atom. The van der Waals surface area contributed by atoms with Crippen molar-refractivity contribution in [2.24, 2.45) is 5.73 Å². The zero-order chi connectivity index (χ0) is 14.0. The van der Waals surface area contributed by atoms with E-state index in [1.54, 1.807) is 29.6 Å². The third-order valence-corrected chi connectivity index (χ3v) is 3.91. The lowest BCUT2D eigenvalue weighted by Gasteiger charge is -2.07. The molecule has 98 valence electrons. The van der Waals surface area contributed by atoms with E-state index in [4.69, 9.17) is 11.5 Å². The number of carbonyl (C=O) groups excluding carboxylic acids is 2. The minimum atomic E-state index is -0.580. The van der Waals surface area contributed by atoms with Gasteiger partial charge in [-0.05, 0) is 45.6 Å². The molecule has 0 saturated carbocycles. The first-order valence-electron chi connectivity index (χ1n) is 5.22. The summed E-state index contributed by atoms with van der Waals surface area (Å²) in [6, 6.07) is 6.49. The summed E-state index contributed by atoms with van der Waals surface area (Å²) < 4.78 is 0.622. The smallest absolute Gasteiger partial charge is 0.257 e. The largest absolute Gasteiger partial charge is 0.399 e. The number of nitrogens with two attached hydrogens (primary N) is 2. The highest BCUT2D eigenvalue weighted by molar-refractivity contribution is 9.10. The number of hydrogen-bond acceptors (Lipinski definition) is 4.